The SMILES string of the molecule is CNC1CC(C)CC(C)C1N(C)CC1CC1C. The van der Waals surface area contributed by atoms with Gasteiger partial charge in [0.05, 0.1) is 0 Å². The maximum absolute atomic E-state index is 3.56. The van der Waals surface area contributed by atoms with Crippen molar-refractivity contribution < 1.29 is 0 Å². The molecule has 2 nitrogen and oxygen atoms in total. The first-order valence-electron chi connectivity index (χ1n) is 7.40. The summed E-state index contributed by atoms with van der Waals surface area (Å²) in [7, 11) is 4.47. The average Bonchev–Trinajstić information content (AvgIpc) is 2.92. The lowest BCUT2D eigenvalue weighted by Gasteiger charge is -2.44. The largest absolute Gasteiger partial charge is 0.315 e. The Labute approximate surface area is 107 Å². The molecule has 1 N–H and O–H groups in total. The van der Waals surface area contributed by atoms with Gasteiger partial charge in [-0.3, -0.25) is 0 Å². The lowest BCUT2D eigenvalue weighted by atomic mass is 9.76. The molecule has 17 heavy (non-hydrogen) atoms. The molecule has 0 aromatic rings. The molecule has 6 unspecified atom stereocenters. The van der Waals surface area contributed by atoms with Crippen molar-refractivity contribution in [1.29, 1.82) is 0 Å². The number of rotatable bonds is 4. The smallest absolute Gasteiger partial charge is 0.0272 e. The van der Waals surface area contributed by atoms with E-state index in [1.165, 1.54) is 25.8 Å². The zero-order valence-corrected chi connectivity index (χ0v) is 12.2. The van der Waals surface area contributed by atoms with Crippen molar-refractivity contribution in [1.82, 2.24) is 10.2 Å². The van der Waals surface area contributed by atoms with Crippen LogP contribution in [0.1, 0.15) is 40.0 Å². The molecule has 2 fully saturated rings. The van der Waals surface area contributed by atoms with Gasteiger partial charge in [0.25, 0.3) is 0 Å². The highest BCUT2D eigenvalue weighted by molar-refractivity contribution is 4.95. The molecule has 0 spiro atoms. The van der Waals surface area contributed by atoms with E-state index in [-0.39, 0.29) is 0 Å². The Morgan fingerprint density at radius 3 is 2.24 bits per heavy atom. The summed E-state index contributed by atoms with van der Waals surface area (Å²) in [6.07, 6.45) is 4.19. The van der Waals surface area contributed by atoms with Crippen molar-refractivity contribution in [3.8, 4) is 0 Å². The topological polar surface area (TPSA) is 15.3 Å². The Bertz CT molecular complexity index is 253. The van der Waals surface area contributed by atoms with Gasteiger partial charge in [0.2, 0.25) is 0 Å². The monoisotopic (exact) mass is 238 g/mol. The molecule has 0 heterocycles. The first kappa shape index (κ1) is 13.4. The molecule has 0 amide bonds. The van der Waals surface area contributed by atoms with E-state index in [4.69, 9.17) is 0 Å². The Morgan fingerprint density at radius 1 is 1.06 bits per heavy atom. The van der Waals surface area contributed by atoms with Crippen LogP contribution in [0, 0.1) is 23.7 Å². The van der Waals surface area contributed by atoms with Crippen LogP contribution < -0.4 is 5.32 Å². The molecule has 0 radical (unpaired) electrons. The maximum atomic E-state index is 3.56. The van der Waals surface area contributed by atoms with Gasteiger partial charge in [0.1, 0.15) is 0 Å². The van der Waals surface area contributed by atoms with Crippen molar-refractivity contribution in [3.05, 3.63) is 0 Å². The summed E-state index contributed by atoms with van der Waals surface area (Å²) in [5.41, 5.74) is 0. The summed E-state index contributed by atoms with van der Waals surface area (Å²) < 4.78 is 0. The average molecular weight is 238 g/mol. The highest BCUT2D eigenvalue weighted by Crippen LogP contribution is 2.40. The highest BCUT2D eigenvalue weighted by Gasteiger charge is 2.39. The predicted octanol–water partition coefficient (Wildman–Crippen LogP) is 2.60. The van der Waals surface area contributed by atoms with Gasteiger partial charge < -0.3 is 10.2 Å². The predicted molar refractivity (Wildman–Crippen MR) is 74.1 cm³/mol. The highest BCUT2D eigenvalue weighted by atomic mass is 15.2. The van der Waals surface area contributed by atoms with E-state index in [0.717, 1.165) is 29.7 Å². The molecule has 2 aliphatic carbocycles. The van der Waals surface area contributed by atoms with E-state index < -0.39 is 0 Å². The Hall–Kier alpha value is -0.0800. The fraction of sp³-hybridized carbons (Fsp3) is 1.00. The molecule has 2 heteroatoms. The van der Waals surface area contributed by atoms with Crippen molar-refractivity contribution in [3.63, 3.8) is 0 Å². The van der Waals surface area contributed by atoms with Gasteiger partial charge in [-0.05, 0) is 57.0 Å². The first-order valence-corrected chi connectivity index (χ1v) is 7.40. The van der Waals surface area contributed by atoms with Crippen LogP contribution >= 0.6 is 0 Å². The molecule has 0 aromatic heterocycles. The minimum Gasteiger partial charge on any atom is -0.315 e. The van der Waals surface area contributed by atoms with Gasteiger partial charge in [-0.15, -0.1) is 0 Å². The minimum atomic E-state index is 0.688. The van der Waals surface area contributed by atoms with Gasteiger partial charge in [-0.1, -0.05) is 20.8 Å². The fourth-order valence-corrected chi connectivity index (χ4v) is 4.02. The molecule has 2 saturated carbocycles. The number of nitrogens with one attached hydrogen (secondary N) is 1. The molecular formula is C15H30N2. The van der Waals surface area contributed by atoms with E-state index >= 15 is 0 Å². The molecule has 0 aromatic carbocycles. The number of hydrogen-bond acceptors (Lipinski definition) is 2. The fourth-order valence-electron chi connectivity index (χ4n) is 4.02. The van der Waals surface area contributed by atoms with Crippen LogP contribution in [-0.4, -0.2) is 37.6 Å². The molecule has 2 rings (SSSR count). The van der Waals surface area contributed by atoms with Crippen LogP contribution in [0.3, 0.4) is 0 Å². The van der Waals surface area contributed by atoms with Crippen molar-refractivity contribution in [2.45, 2.75) is 52.1 Å². The maximum Gasteiger partial charge on any atom is 0.0272 e. The number of hydrogen-bond donors (Lipinski definition) is 1. The van der Waals surface area contributed by atoms with Crippen LogP contribution in [-0.2, 0) is 0 Å². The molecule has 0 bridgehead atoms. The van der Waals surface area contributed by atoms with Gasteiger partial charge in [0, 0.05) is 18.6 Å². The second kappa shape index (κ2) is 5.27. The molecule has 2 aliphatic rings. The first-order chi connectivity index (χ1) is 8.02. The summed E-state index contributed by atoms with van der Waals surface area (Å²) in [6.45, 7) is 8.54. The second-order valence-electron chi connectivity index (χ2n) is 6.85. The second-order valence-corrected chi connectivity index (χ2v) is 6.85. The van der Waals surface area contributed by atoms with Crippen molar-refractivity contribution in [2.24, 2.45) is 23.7 Å². The van der Waals surface area contributed by atoms with Crippen LogP contribution in [0.2, 0.25) is 0 Å². The van der Waals surface area contributed by atoms with Crippen LogP contribution in [0.25, 0.3) is 0 Å². The number of likely N-dealkylation sites (N-methyl/N-ethyl adjacent to an activating group) is 2. The summed E-state index contributed by atoms with van der Waals surface area (Å²) in [5.74, 6) is 3.66. The Balaban J connectivity index is 1.95. The van der Waals surface area contributed by atoms with Crippen LogP contribution in [0.4, 0.5) is 0 Å². The zero-order valence-electron chi connectivity index (χ0n) is 12.2. The molecule has 0 aliphatic heterocycles. The number of nitrogens with zero attached hydrogens (tertiary/aromatic N) is 1. The molecule has 6 atom stereocenters. The van der Waals surface area contributed by atoms with Gasteiger partial charge in [0.15, 0.2) is 0 Å². The van der Waals surface area contributed by atoms with Gasteiger partial charge in [-0.25, -0.2) is 0 Å². The van der Waals surface area contributed by atoms with E-state index in [2.05, 4.69) is 45.1 Å². The van der Waals surface area contributed by atoms with Crippen LogP contribution in [0.5, 0.6) is 0 Å². The Morgan fingerprint density at radius 2 is 1.71 bits per heavy atom. The van der Waals surface area contributed by atoms with Gasteiger partial charge in [-0.2, -0.15) is 0 Å². The normalized spacial score (nSPS) is 46.2. The van der Waals surface area contributed by atoms with Crippen LogP contribution in [0.15, 0.2) is 0 Å². The van der Waals surface area contributed by atoms with Crippen molar-refractivity contribution in [2.75, 3.05) is 20.6 Å². The van der Waals surface area contributed by atoms with E-state index in [0.29, 0.717) is 6.04 Å². The molecular weight excluding hydrogens is 208 g/mol. The van der Waals surface area contributed by atoms with Crippen molar-refractivity contribution >= 4 is 0 Å². The van der Waals surface area contributed by atoms with E-state index in [1.807, 2.05) is 0 Å². The summed E-state index contributed by atoms with van der Waals surface area (Å²) in [5, 5.41) is 3.56. The van der Waals surface area contributed by atoms with E-state index in [9.17, 15) is 0 Å². The third-order valence-corrected chi connectivity index (χ3v) is 5.10. The minimum absolute atomic E-state index is 0.688. The van der Waals surface area contributed by atoms with E-state index in [1.54, 1.807) is 0 Å². The van der Waals surface area contributed by atoms with Gasteiger partial charge >= 0.3 is 0 Å². The summed E-state index contributed by atoms with van der Waals surface area (Å²) >= 11 is 0. The summed E-state index contributed by atoms with van der Waals surface area (Å²) in [4.78, 5) is 2.64. The lowest BCUT2D eigenvalue weighted by Crippen LogP contribution is -2.55. The standard InChI is InChI=1S/C15H30N2/c1-10-6-12(3)15(14(7-10)16-4)17(5)9-13-8-11(13)2/h10-16H,6-9H2,1-5H3. The molecule has 0 saturated heterocycles. The zero-order chi connectivity index (χ0) is 12.6. The molecule has 100 valence electrons. The third kappa shape index (κ3) is 3.03. The summed E-state index contributed by atoms with van der Waals surface area (Å²) in [6, 6.07) is 1.43. The Kier molecular flexibility index (Phi) is 4.14. The third-order valence-electron chi connectivity index (χ3n) is 5.10. The quantitative estimate of drug-likeness (QED) is 0.810. The lowest BCUT2D eigenvalue weighted by molar-refractivity contribution is 0.0795.